The molecule has 4 nitrogen and oxygen atoms in total. The molecule has 0 saturated carbocycles. The summed E-state index contributed by atoms with van der Waals surface area (Å²) in [5.41, 5.74) is 2.70. The van der Waals surface area contributed by atoms with Crippen molar-refractivity contribution in [2.75, 3.05) is 19.6 Å². The summed E-state index contributed by atoms with van der Waals surface area (Å²) < 4.78 is 18.7. The molecule has 0 radical (unpaired) electrons. The zero-order valence-electron chi connectivity index (χ0n) is 13.9. The lowest BCUT2D eigenvalue weighted by atomic mass is 10.1. The number of nitrogens with one attached hydrogen (secondary N) is 2. The molecular weight excluding hydrogens is 319 g/mol. The Kier molecular flexibility index (Phi) is 5.80. The van der Waals surface area contributed by atoms with Crippen molar-refractivity contribution in [2.24, 2.45) is 0 Å². The highest BCUT2D eigenvalue weighted by Crippen LogP contribution is 2.15. The quantitative estimate of drug-likeness (QED) is 0.795. The molecule has 2 aromatic rings. The molecule has 130 valence electrons. The number of hydrogen-bond acceptors (Lipinski definition) is 3. The van der Waals surface area contributed by atoms with Crippen molar-refractivity contribution in [3.05, 3.63) is 77.1 Å². The first-order valence-electron chi connectivity index (χ1n) is 8.35. The third kappa shape index (κ3) is 5.16. The molecule has 1 amide bonds. The zero-order valence-corrected chi connectivity index (χ0v) is 13.9. The van der Waals surface area contributed by atoms with E-state index in [0.29, 0.717) is 17.9 Å². The number of amides is 1. The summed E-state index contributed by atoms with van der Waals surface area (Å²) in [5, 5.41) is 6.20. The molecule has 5 heteroatoms. The summed E-state index contributed by atoms with van der Waals surface area (Å²) in [6.07, 6.45) is 3.08. The van der Waals surface area contributed by atoms with Crippen LogP contribution in [0.2, 0.25) is 0 Å². The van der Waals surface area contributed by atoms with Crippen molar-refractivity contribution in [3.8, 4) is 5.75 Å². The molecule has 0 bridgehead atoms. The molecule has 1 heterocycles. The Morgan fingerprint density at radius 1 is 1.20 bits per heavy atom. The van der Waals surface area contributed by atoms with E-state index >= 15 is 0 Å². The van der Waals surface area contributed by atoms with Gasteiger partial charge in [0.25, 0.3) is 5.91 Å². The van der Waals surface area contributed by atoms with E-state index in [0.717, 1.165) is 25.1 Å². The monoisotopic (exact) mass is 340 g/mol. The Labute approximate surface area is 146 Å². The van der Waals surface area contributed by atoms with E-state index in [2.05, 4.69) is 16.7 Å². The van der Waals surface area contributed by atoms with Gasteiger partial charge in [0.15, 0.2) is 0 Å². The predicted octanol–water partition coefficient (Wildman–Crippen LogP) is 3.05. The molecular formula is C20H21FN2O2. The number of rotatable bonds is 6. The molecule has 0 saturated heterocycles. The van der Waals surface area contributed by atoms with Gasteiger partial charge >= 0.3 is 0 Å². The molecule has 25 heavy (non-hydrogen) atoms. The molecule has 0 unspecified atom stereocenters. The fourth-order valence-corrected chi connectivity index (χ4v) is 2.65. The minimum absolute atomic E-state index is 0.105. The van der Waals surface area contributed by atoms with Crippen LogP contribution in [0.5, 0.6) is 5.75 Å². The van der Waals surface area contributed by atoms with Crippen LogP contribution >= 0.6 is 0 Å². The van der Waals surface area contributed by atoms with Gasteiger partial charge in [-0.2, -0.15) is 0 Å². The van der Waals surface area contributed by atoms with Crippen LogP contribution in [0, 0.1) is 5.82 Å². The van der Waals surface area contributed by atoms with E-state index in [1.807, 2.05) is 12.1 Å². The van der Waals surface area contributed by atoms with Gasteiger partial charge < -0.3 is 15.4 Å². The molecule has 0 spiro atoms. The molecule has 1 aliphatic heterocycles. The molecule has 0 fully saturated rings. The van der Waals surface area contributed by atoms with Crippen molar-refractivity contribution in [2.45, 2.75) is 13.0 Å². The van der Waals surface area contributed by atoms with Crippen molar-refractivity contribution < 1.29 is 13.9 Å². The van der Waals surface area contributed by atoms with Crippen LogP contribution < -0.4 is 15.4 Å². The average molecular weight is 340 g/mol. The third-order valence-electron chi connectivity index (χ3n) is 4.02. The van der Waals surface area contributed by atoms with Gasteiger partial charge in [-0.1, -0.05) is 29.8 Å². The van der Waals surface area contributed by atoms with Crippen LogP contribution in [-0.4, -0.2) is 25.5 Å². The summed E-state index contributed by atoms with van der Waals surface area (Å²) in [4.78, 5) is 12.3. The van der Waals surface area contributed by atoms with E-state index in [1.54, 1.807) is 24.3 Å². The largest absolute Gasteiger partial charge is 0.489 e. The summed E-state index contributed by atoms with van der Waals surface area (Å²) in [5.74, 6) is 0.0255. The topological polar surface area (TPSA) is 50.4 Å². The first kappa shape index (κ1) is 17.2. The van der Waals surface area contributed by atoms with Crippen molar-refractivity contribution >= 4 is 5.91 Å². The van der Waals surface area contributed by atoms with Crippen molar-refractivity contribution in [3.63, 3.8) is 0 Å². The standard InChI is InChI=1S/C20H21FN2O2/c21-18-5-2-6-19(12-18)25-14-16-3-1-4-17(11-16)20(24)23-13-15-7-9-22-10-8-15/h1-7,11-12,22H,8-10,13-14H2,(H,23,24). The Balaban J connectivity index is 1.56. The normalized spacial score (nSPS) is 13.9. The highest BCUT2D eigenvalue weighted by molar-refractivity contribution is 5.94. The van der Waals surface area contributed by atoms with E-state index < -0.39 is 0 Å². The molecule has 0 aromatic heterocycles. The minimum Gasteiger partial charge on any atom is -0.489 e. The third-order valence-corrected chi connectivity index (χ3v) is 4.02. The molecule has 0 aliphatic carbocycles. The second-order valence-corrected chi connectivity index (χ2v) is 5.95. The highest BCUT2D eigenvalue weighted by atomic mass is 19.1. The van der Waals surface area contributed by atoms with Crippen LogP contribution in [0.25, 0.3) is 0 Å². The highest BCUT2D eigenvalue weighted by Gasteiger charge is 2.09. The lowest BCUT2D eigenvalue weighted by Gasteiger charge is -2.14. The SMILES string of the molecule is O=C(NCC1=CCNCC1)c1cccc(COc2cccc(F)c2)c1. The maximum Gasteiger partial charge on any atom is 0.251 e. The van der Waals surface area contributed by atoms with Gasteiger partial charge in [0.2, 0.25) is 0 Å². The van der Waals surface area contributed by atoms with Gasteiger partial charge in [-0.3, -0.25) is 4.79 Å². The fraction of sp³-hybridized carbons (Fsp3) is 0.250. The minimum atomic E-state index is -0.335. The van der Waals surface area contributed by atoms with Crippen molar-refractivity contribution in [1.29, 1.82) is 0 Å². The van der Waals surface area contributed by atoms with Gasteiger partial charge in [0.1, 0.15) is 18.2 Å². The van der Waals surface area contributed by atoms with Gasteiger partial charge in [0.05, 0.1) is 0 Å². The number of carbonyl (C=O) groups is 1. The number of carbonyl (C=O) groups excluding carboxylic acids is 1. The summed E-state index contributed by atoms with van der Waals surface area (Å²) in [6.45, 7) is 2.67. The average Bonchev–Trinajstić information content (AvgIpc) is 2.65. The number of hydrogen-bond donors (Lipinski definition) is 2. The number of ether oxygens (including phenoxy) is 1. The maximum absolute atomic E-state index is 13.2. The summed E-state index contributed by atoms with van der Waals surface area (Å²) in [7, 11) is 0. The lowest BCUT2D eigenvalue weighted by molar-refractivity contribution is 0.0956. The van der Waals surface area contributed by atoms with E-state index in [9.17, 15) is 9.18 Å². The maximum atomic E-state index is 13.2. The Hall–Kier alpha value is -2.66. The first-order chi connectivity index (χ1) is 12.2. The summed E-state index contributed by atoms with van der Waals surface area (Å²) in [6, 6.07) is 13.3. The molecule has 3 rings (SSSR count). The second-order valence-electron chi connectivity index (χ2n) is 5.95. The Bertz CT molecular complexity index is 774. The summed E-state index contributed by atoms with van der Waals surface area (Å²) >= 11 is 0. The van der Waals surface area contributed by atoms with Gasteiger partial charge in [-0.25, -0.2) is 4.39 Å². The molecule has 2 aromatic carbocycles. The van der Waals surface area contributed by atoms with Crippen LogP contribution in [0.15, 0.2) is 60.2 Å². The van der Waals surface area contributed by atoms with Crippen LogP contribution in [0.1, 0.15) is 22.3 Å². The molecule has 1 aliphatic rings. The van der Waals surface area contributed by atoms with Gasteiger partial charge in [-0.05, 0) is 42.8 Å². The lowest BCUT2D eigenvalue weighted by Crippen LogP contribution is -2.29. The smallest absolute Gasteiger partial charge is 0.251 e. The second kappa shape index (κ2) is 8.44. The first-order valence-corrected chi connectivity index (χ1v) is 8.35. The number of halogens is 1. The van der Waals surface area contributed by atoms with Gasteiger partial charge in [0, 0.05) is 24.7 Å². The predicted molar refractivity (Wildman–Crippen MR) is 95.1 cm³/mol. The Morgan fingerprint density at radius 2 is 2.08 bits per heavy atom. The van der Waals surface area contributed by atoms with Crippen molar-refractivity contribution in [1.82, 2.24) is 10.6 Å². The van der Waals surface area contributed by atoms with Crippen LogP contribution in [-0.2, 0) is 6.61 Å². The van der Waals surface area contributed by atoms with Crippen LogP contribution in [0.3, 0.4) is 0 Å². The Morgan fingerprint density at radius 3 is 2.88 bits per heavy atom. The van der Waals surface area contributed by atoms with E-state index in [4.69, 9.17) is 4.74 Å². The molecule has 0 atom stereocenters. The molecule has 2 N–H and O–H groups in total. The van der Waals surface area contributed by atoms with E-state index in [-0.39, 0.29) is 18.3 Å². The van der Waals surface area contributed by atoms with Crippen LogP contribution in [0.4, 0.5) is 4.39 Å². The number of benzene rings is 2. The van der Waals surface area contributed by atoms with E-state index in [1.165, 1.54) is 17.7 Å². The fourth-order valence-electron chi connectivity index (χ4n) is 2.65. The zero-order chi connectivity index (χ0) is 17.5. The van der Waals surface area contributed by atoms with Gasteiger partial charge in [-0.15, -0.1) is 0 Å².